The average molecular weight is 1080 g/mol. The molecule has 16 aromatic rings. The van der Waals surface area contributed by atoms with E-state index in [2.05, 4.69) is 344 Å². The molecular formula is C76H52N8. The van der Waals surface area contributed by atoms with Crippen LogP contribution in [0.1, 0.15) is 0 Å². The highest BCUT2D eigenvalue weighted by molar-refractivity contribution is 6.13. The Kier molecular flexibility index (Phi) is 11.7. The van der Waals surface area contributed by atoms with E-state index < -0.39 is 0 Å². The molecule has 16 rings (SSSR count). The van der Waals surface area contributed by atoms with Crippen LogP contribution >= 0.6 is 0 Å². The van der Waals surface area contributed by atoms with Gasteiger partial charge in [-0.15, -0.1) is 0 Å². The van der Waals surface area contributed by atoms with Gasteiger partial charge < -0.3 is 14.4 Å². The molecule has 0 spiro atoms. The van der Waals surface area contributed by atoms with Crippen LogP contribution in [-0.4, -0.2) is 23.7 Å². The second-order valence-corrected chi connectivity index (χ2v) is 21.1. The van der Waals surface area contributed by atoms with Crippen LogP contribution in [0.4, 0.5) is 51.4 Å². The van der Waals surface area contributed by atoms with Crippen molar-refractivity contribution >= 4 is 117 Å². The number of para-hydroxylation sites is 9. The van der Waals surface area contributed by atoms with E-state index in [0.717, 1.165) is 117 Å². The maximum Gasteiger partial charge on any atom is 0.238 e. The molecular weight excluding hydrogens is 1020 g/mol. The largest absolute Gasteiger partial charge is 0.310 e. The summed E-state index contributed by atoms with van der Waals surface area (Å²) in [7, 11) is 0. The first-order valence-electron chi connectivity index (χ1n) is 28.4. The quantitative estimate of drug-likeness (QED) is 0.122. The zero-order chi connectivity index (χ0) is 55.5. The Morgan fingerprint density at radius 3 is 0.976 bits per heavy atom. The van der Waals surface area contributed by atoms with Crippen molar-refractivity contribution in [3.8, 4) is 17.3 Å². The van der Waals surface area contributed by atoms with Gasteiger partial charge in [0.2, 0.25) is 5.95 Å². The Bertz CT molecular complexity index is 5000. The van der Waals surface area contributed by atoms with Gasteiger partial charge in [0.1, 0.15) is 11.6 Å². The number of benzene rings is 12. The van der Waals surface area contributed by atoms with Crippen LogP contribution in [0.2, 0.25) is 0 Å². The third kappa shape index (κ3) is 8.15. The number of rotatable bonds is 12. The number of hydrogen-bond acceptors (Lipinski definition) is 5. The van der Waals surface area contributed by atoms with Gasteiger partial charge in [-0.3, -0.25) is 14.0 Å². The summed E-state index contributed by atoms with van der Waals surface area (Å²) in [6.45, 7) is 0. The summed E-state index contributed by atoms with van der Waals surface area (Å²) in [4.78, 5) is 18.5. The fourth-order valence-corrected chi connectivity index (χ4v) is 12.5. The predicted octanol–water partition coefficient (Wildman–Crippen LogP) is 20.2. The van der Waals surface area contributed by atoms with E-state index in [1.54, 1.807) is 0 Å². The molecule has 84 heavy (non-hydrogen) atoms. The molecule has 0 N–H and O–H groups in total. The van der Waals surface area contributed by atoms with Gasteiger partial charge in [0.25, 0.3) is 0 Å². The summed E-state index contributed by atoms with van der Waals surface area (Å²) in [5.74, 6) is 1.94. The monoisotopic (exact) mass is 1080 g/mol. The highest BCUT2D eigenvalue weighted by Gasteiger charge is 2.26. The third-order valence-corrected chi connectivity index (χ3v) is 16.2. The summed E-state index contributed by atoms with van der Waals surface area (Å²) in [6, 6.07) is 112. The molecule has 0 aliphatic carbocycles. The van der Waals surface area contributed by atoms with Crippen molar-refractivity contribution in [3.63, 3.8) is 0 Å². The van der Waals surface area contributed by atoms with Crippen molar-refractivity contribution in [1.29, 1.82) is 0 Å². The topological polar surface area (TPSA) is 50.3 Å². The summed E-state index contributed by atoms with van der Waals surface area (Å²) in [5.41, 5.74) is 15.5. The van der Waals surface area contributed by atoms with Gasteiger partial charge in [0.15, 0.2) is 0 Å². The van der Waals surface area contributed by atoms with Gasteiger partial charge in [-0.1, -0.05) is 176 Å². The van der Waals surface area contributed by atoms with Gasteiger partial charge in [0, 0.05) is 83.9 Å². The first kappa shape index (κ1) is 48.4. The minimum absolute atomic E-state index is 0.509. The van der Waals surface area contributed by atoms with E-state index >= 15 is 0 Å². The molecule has 0 fully saturated rings. The van der Waals surface area contributed by atoms with E-state index in [-0.39, 0.29) is 0 Å². The van der Waals surface area contributed by atoms with E-state index in [9.17, 15) is 0 Å². The lowest BCUT2D eigenvalue weighted by Gasteiger charge is -2.26. The van der Waals surface area contributed by atoms with Crippen molar-refractivity contribution < 1.29 is 0 Å². The van der Waals surface area contributed by atoms with Crippen LogP contribution in [0.5, 0.6) is 0 Å². The zero-order valence-corrected chi connectivity index (χ0v) is 45.6. The van der Waals surface area contributed by atoms with Crippen LogP contribution in [0.15, 0.2) is 315 Å². The molecule has 0 aliphatic heterocycles. The fraction of sp³-hybridized carbons (Fsp3) is 0. The SMILES string of the molecule is c1ccc(N(c2ccccc2)c2ccc3c(c2)c2ccccc2n3-c2cc(-n3c4ccccc4c4ccc(N(c5ccccc5)c5ccccc5)cc43)nc(N(c3ccccc3)c3ccc4c5ccccc5n(-c5ccccc5)c4c3)n2)cc1. The van der Waals surface area contributed by atoms with Gasteiger partial charge in [-0.05, 0) is 133 Å². The van der Waals surface area contributed by atoms with Crippen LogP contribution in [0.25, 0.3) is 82.7 Å². The predicted molar refractivity (Wildman–Crippen MR) is 349 cm³/mol. The van der Waals surface area contributed by atoms with Crippen LogP contribution in [-0.2, 0) is 0 Å². The zero-order valence-electron chi connectivity index (χ0n) is 45.6. The number of aromatic nitrogens is 5. The lowest BCUT2D eigenvalue weighted by Crippen LogP contribution is -2.16. The Hall–Kier alpha value is -11.5. The summed E-state index contributed by atoms with van der Waals surface area (Å²) < 4.78 is 7.03. The molecule has 0 radical (unpaired) electrons. The second kappa shape index (κ2) is 20.3. The maximum atomic E-state index is 5.84. The third-order valence-electron chi connectivity index (χ3n) is 16.2. The van der Waals surface area contributed by atoms with Crippen molar-refractivity contribution in [2.75, 3.05) is 14.7 Å². The Labute approximate surface area is 485 Å². The van der Waals surface area contributed by atoms with E-state index in [1.165, 1.54) is 5.39 Å². The highest BCUT2D eigenvalue weighted by Crippen LogP contribution is 2.45. The maximum absolute atomic E-state index is 5.84. The fourth-order valence-electron chi connectivity index (χ4n) is 12.5. The molecule has 8 heteroatoms. The molecule has 12 aromatic carbocycles. The molecule has 0 saturated carbocycles. The Morgan fingerprint density at radius 2 is 0.512 bits per heavy atom. The first-order chi connectivity index (χ1) is 41.7. The number of nitrogens with zero attached hydrogens (tertiary/aromatic N) is 8. The summed E-state index contributed by atoms with van der Waals surface area (Å²) in [6.07, 6.45) is 0. The second-order valence-electron chi connectivity index (χ2n) is 21.1. The standard InChI is InChI=1S/C76H52N8/c1-7-25-53(26-8-1)79(54-27-9-2-10-28-54)59-45-48-71-67(49-59)64-39-21-24-42-70(64)83(71)74-52-75(84-69-41-23-20-38-63(69)66-46-43-60(50-73(66)84)80(55-29-11-3-12-30-55)56-31-13-4-14-32-56)78-76(77-74)81(57-33-15-5-16-34-57)61-44-47-65-62-37-19-22-40-68(62)82(72(65)51-61)58-35-17-6-18-36-58/h1-52H. The molecule has 396 valence electrons. The summed E-state index contributed by atoms with van der Waals surface area (Å²) >= 11 is 0. The first-order valence-corrected chi connectivity index (χ1v) is 28.4. The lowest BCUT2D eigenvalue weighted by molar-refractivity contribution is 0.967. The smallest absolute Gasteiger partial charge is 0.238 e. The Morgan fingerprint density at radius 1 is 0.202 bits per heavy atom. The molecule has 0 atom stereocenters. The van der Waals surface area contributed by atoms with Crippen LogP contribution in [0.3, 0.4) is 0 Å². The average Bonchev–Trinajstić information content (AvgIpc) is 2.76. The van der Waals surface area contributed by atoms with E-state index in [0.29, 0.717) is 11.8 Å². The van der Waals surface area contributed by atoms with Crippen LogP contribution in [0, 0.1) is 0 Å². The van der Waals surface area contributed by atoms with Crippen molar-refractivity contribution in [2.45, 2.75) is 0 Å². The van der Waals surface area contributed by atoms with Gasteiger partial charge in [0.05, 0.1) is 38.8 Å². The minimum Gasteiger partial charge on any atom is -0.310 e. The molecule has 0 amide bonds. The molecule has 0 saturated heterocycles. The number of fused-ring (bicyclic) bond motifs is 9. The lowest BCUT2D eigenvalue weighted by atomic mass is 10.1. The van der Waals surface area contributed by atoms with E-state index in [1.807, 2.05) is 0 Å². The molecule has 0 bridgehead atoms. The van der Waals surface area contributed by atoms with E-state index in [4.69, 9.17) is 9.97 Å². The molecule has 0 aliphatic rings. The summed E-state index contributed by atoms with van der Waals surface area (Å²) in [5, 5.41) is 6.79. The number of hydrogen-bond donors (Lipinski definition) is 0. The van der Waals surface area contributed by atoms with Crippen molar-refractivity contribution in [2.24, 2.45) is 0 Å². The normalized spacial score (nSPS) is 11.6. The van der Waals surface area contributed by atoms with Crippen LogP contribution < -0.4 is 14.7 Å². The molecule has 0 unspecified atom stereocenters. The van der Waals surface area contributed by atoms with Gasteiger partial charge >= 0.3 is 0 Å². The minimum atomic E-state index is 0.509. The Balaban J connectivity index is 0.981. The van der Waals surface area contributed by atoms with Gasteiger partial charge in [-0.2, -0.15) is 9.97 Å². The van der Waals surface area contributed by atoms with Gasteiger partial charge in [-0.25, -0.2) is 0 Å². The molecule has 4 heterocycles. The highest BCUT2D eigenvalue weighted by atomic mass is 15.3. The number of anilines is 9. The van der Waals surface area contributed by atoms with Crippen molar-refractivity contribution in [1.82, 2.24) is 23.7 Å². The molecule has 4 aromatic heterocycles. The van der Waals surface area contributed by atoms with Crippen molar-refractivity contribution in [3.05, 3.63) is 315 Å². The molecule has 8 nitrogen and oxygen atoms in total.